The molecule has 4 nitrogen and oxygen atoms in total. The molecule has 0 atom stereocenters. The van der Waals surface area contributed by atoms with Crippen LogP contribution in [0.5, 0.6) is 0 Å². The van der Waals surface area contributed by atoms with Crippen molar-refractivity contribution in [2.24, 2.45) is 5.92 Å². The Labute approximate surface area is 121 Å². The zero-order valence-corrected chi connectivity index (χ0v) is 11.6. The van der Waals surface area contributed by atoms with Crippen LogP contribution in [0.1, 0.15) is 25.7 Å². The van der Waals surface area contributed by atoms with Gasteiger partial charge in [-0.1, -0.05) is 24.4 Å². The second kappa shape index (κ2) is 6.70. The highest BCUT2D eigenvalue weighted by atomic mass is 35.5. The van der Waals surface area contributed by atoms with Gasteiger partial charge in [0.05, 0.1) is 10.9 Å². The summed E-state index contributed by atoms with van der Waals surface area (Å²) in [6.45, 7) is -0.343. The Kier molecular flexibility index (Phi) is 4.95. The lowest BCUT2D eigenvalue weighted by atomic mass is 10.1. The summed E-state index contributed by atoms with van der Waals surface area (Å²) in [6, 6.07) is 3.84. The predicted molar refractivity (Wildman–Crippen MR) is 73.0 cm³/mol. The van der Waals surface area contributed by atoms with E-state index < -0.39 is 11.7 Å². The van der Waals surface area contributed by atoms with Crippen LogP contribution >= 0.6 is 11.6 Å². The second-order valence-electron chi connectivity index (χ2n) is 4.77. The average molecular weight is 300 g/mol. The molecule has 1 amide bonds. The van der Waals surface area contributed by atoms with E-state index in [0.29, 0.717) is 5.69 Å². The van der Waals surface area contributed by atoms with Gasteiger partial charge in [-0.2, -0.15) is 0 Å². The highest BCUT2D eigenvalue weighted by Gasteiger charge is 2.24. The normalized spacial score (nSPS) is 15.1. The van der Waals surface area contributed by atoms with Gasteiger partial charge in [-0.3, -0.25) is 9.59 Å². The molecule has 1 saturated carbocycles. The number of carbonyl (C=O) groups excluding carboxylic acids is 2. The van der Waals surface area contributed by atoms with Gasteiger partial charge in [-0.15, -0.1) is 0 Å². The maximum Gasteiger partial charge on any atom is 0.309 e. The number of nitrogens with one attached hydrogen (secondary N) is 1. The van der Waals surface area contributed by atoms with E-state index in [9.17, 15) is 14.0 Å². The first-order valence-corrected chi connectivity index (χ1v) is 6.85. The van der Waals surface area contributed by atoms with E-state index in [2.05, 4.69) is 5.32 Å². The van der Waals surface area contributed by atoms with E-state index in [1.54, 1.807) is 0 Å². The Morgan fingerprint density at radius 3 is 2.70 bits per heavy atom. The Morgan fingerprint density at radius 2 is 2.05 bits per heavy atom. The lowest BCUT2D eigenvalue weighted by molar-refractivity contribution is -0.151. The fraction of sp³-hybridized carbons (Fsp3) is 0.429. The summed E-state index contributed by atoms with van der Waals surface area (Å²) in [6.07, 6.45) is 3.71. The summed E-state index contributed by atoms with van der Waals surface area (Å²) >= 11 is 5.60. The molecule has 20 heavy (non-hydrogen) atoms. The van der Waals surface area contributed by atoms with E-state index in [1.807, 2.05) is 0 Å². The molecule has 1 aliphatic carbocycles. The highest BCUT2D eigenvalue weighted by molar-refractivity contribution is 6.31. The molecule has 1 aliphatic rings. The van der Waals surface area contributed by atoms with Crippen molar-refractivity contribution in [3.05, 3.63) is 29.0 Å². The van der Waals surface area contributed by atoms with Crippen molar-refractivity contribution in [1.82, 2.24) is 0 Å². The molecule has 0 radical (unpaired) electrons. The van der Waals surface area contributed by atoms with Gasteiger partial charge in [0.1, 0.15) is 5.82 Å². The van der Waals surface area contributed by atoms with Crippen molar-refractivity contribution in [2.75, 3.05) is 11.9 Å². The standard InChI is InChI=1S/C14H15ClFNO3/c15-11-7-10(5-6-12(11)16)17-13(18)8-20-14(19)9-3-1-2-4-9/h5-7,9H,1-4,8H2,(H,17,18). The zero-order valence-electron chi connectivity index (χ0n) is 10.8. The van der Waals surface area contributed by atoms with Crippen LogP contribution in [0.4, 0.5) is 10.1 Å². The van der Waals surface area contributed by atoms with Crippen molar-refractivity contribution in [3.8, 4) is 0 Å². The van der Waals surface area contributed by atoms with Crippen molar-refractivity contribution in [2.45, 2.75) is 25.7 Å². The molecule has 2 rings (SSSR count). The summed E-state index contributed by atoms with van der Waals surface area (Å²) in [5, 5.41) is 2.41. The largest absolute Gasteiger partial charge is 0.455 e. The van der Waals surface area contributed by atoms with Gasteiger partial charge < -0.3 is 10.1 Å². The van der Waals surface area contributed by atoms with Crippen LogP contribution < -0.4 is 5.32 Å². The van der Waals surface area contributed by atoms with Crippen LogP contribution in [0, 0.1) is 11.7 Å². The molecule has 108 valence electrons. The van der Waals surface area contributed by atoms with Crippen molar-refractivity contribution < 1.29 is 18.7 Å². The number of benzene rings is 1. The van der Waals surface area contributed by atoms with Gasteiger partial charge in [0, 0.05) is 5.69 Å². The van der Waals surface area contributed by atoms with E-state index in [0.717, 1.165) is 31.7 Å². The lowest BCUT2D eigenvalue weighted by Gasteiger charge is -2.10. The molecule has 0 bridgehead atoms. The van der Waals surface area contributed by atoms with E-state index in [-0.39, 0.29) is 23.5 Å². The molecule has 1 fully saturated rings. The molecule has 1 aromatic rings. The third-order valence-corrected chi connectivity index (χ3v) is 3.53. The second-order valence-corrected chi connectivity index (χ2v) is 5.17. The van der Waals surface area contributed by atoms with Gasteiger partial charge in [0.25, 0.3) is 5.91 Å². The molecular formula is C14H15ClFNO3. The Bertz CT molecular complexity index is 515. The summed E-state index contributed by atoms with van der Waals surface area (Å²) in [4.78, 5) is 23.2. The minimum atomic E-state index is -0.558. The average Bonchev–Trinajstić information content (AvgIpc) is 2.94. The number of rotatable bonds is 4. The monoisotopic (exact) mass is 299 g/mol. The summed E-state index contributed by atoms with van der Waals surface area (Å²) in [7, 11) is 0. The van der Waals surface area contributed by atoms with Gasteiger partial charge in [0.2, 0.25) is 0 Å². The van der Waals surface area contributed by atoms with Crippen LogP contribution in [0.15, 0.2) is 18.2 Å². The van der Waals surface area contributed by atoms with Gasteiger partial charge >= 0.3 is 5.97 Å². The molecule has 0 saturated heterocycles. The SMILES string of the molecule is O=C(COC(=O)C1CCCC1)Nc1ccc(F)c(Cl)c1. The molecule has 0 aliphatic heterocycles. The number of hydrogen-bond acceptors (Lipinski definition) is 3. The molecule has 0 unspecified atom stereocenters. The van der Waals surface area contributed by atoms with Crippen LogP contribution in [0.25, 0.3) is 0 Å². The van der Waals surface area contributed by atoms with Crippen molar-refractivity contribution in [1.29, 1.82) is 0 Å². The van der Waals surface area contributed by atoms with Crippen LogP contribution in [0.2, 0.25) is 5.02 Å². The van der Waals surface area contributed by atoms with E-state index in [4.69, 9.17) is 16.3 Å². The quantitative estimate of drug-likeness (QED) is 0.869. The maximum atomic E-state index is 12.9. The topological polar surface area (TPSA) is 55.4 Å². The van der Waals surface area contributed by atoms with Crippen LogP contribution in [-0.2, 0) is 14.3 Å². The first kappa shape index (κ1) is 14.8. The number of amides is 1. The summed E-state index contributed by atoms with van der Waals surface area (Å²) in [5.74, 6) is -1.44. The zero-order chi connectivity index (χ0) is 14.5. The summed E-state index contributed by atoms with van der Waals surface area (Å²) < 4.78 is 17.9. The number of halogens is 2. The van der Waals surface area contributed by atoms with Crippen molar-refractivity contribution in [3.63, 3.8) is 0 Å². The minimum Gasteiger partial charge on any atom is -0.455 e. The Morgan fingerprint density at radius 1 is 1.35 bits per heavy atom. The first-order chi connectivity index (χ1) is 9.56. The third kappa shape index (κ3) is 3.93. The van der Waals surface area contributed by atoms with Crippen molar-refractivity contribution >= 4 is 29.2 Å². The summed E-state index contributed by atoms with van der Waals surface area (Å²) in [5.41, 5.74) is 0.360. The number of esters is 1. The smallest absolute Gasteiger partial charge is 0.309 e. The number of ether oxygens (including phenoxy) is 1. The molecule has 0 spiro atoms. The Balaban J connectivity index is 1.80. The number of anilines is 1. The van der Waals surface area contributed by atoms with Crippen LogP contribution in [-0.4, -0.2) is 18.5 Å². The van der Waals surface area contributed by atoms with Crippen LogP contribution in [0.3, 0.4) is 0 Å². The molecule has 0 aromatic heterocycles. The number of carbonyl (C=O) groups is 2. The number of hydrogen-bond donors (Lipinski definition) is 1. The van der Waals surface area contributed by atoms with Gasteiger partial charge in [-0.05, 0) is 31.0 Å². The minimum absolute atomic E-state index is 0.0780. The lowest BCUT2D eigenvalue weighted by Crippen LogP contribution is -2.23. The van der Waals surface area contributed by atoms with Gasteiger partial charge in [-0.25, -0.2) is 4.39 Å². The predicted octanol–water partition coefficient (Wildman–Crippen LogP) is 3.15. The molecule has 1 aromatic carbocycles. The fourth-order valence-electron chi connectivity index (χ4n) is 2.19. The van der Waals surface area contributed by atoms with Gasteiger partial charge in [0.15, 0.2) is 6.61 Å². The molecular weight excluding hydrogens is 285 g/mol. The molecule has 1 N–H and O–H groups in total. The Hall–Kier alpha value is -1.62. The fourth-order valence-corrected chi connectivity index (χ4v) is 2.37. The first-order valence-electron chi connectivity index (χ1n) is 6.48. The third-order valence-electron chi connectivity index (χ3n) is 3.24. The van der Waals surface area contributed by atoms with E-state index in [1.165, 1.54) is 12.1 Å². The molecule has 6 heteroatoms. The maximum absolute atomic E-state index is 12.9. The van der Waals surface area contributed by atoms with E-state index >= 15 is 0 Å². The molecule has 0 heterocycles. The highest BCUT2D eigenvalue weighted by Crippen LogP contribution is 2.25.